The van der Waals surface area contributed by atoms with E-state index in [1.165, 1.54) is 11.4 Å². The molecular formula is C32H58Cl4N2P2Pd2-2. The summed E-state index contributed by atoms with van der Waals surface area (Å²) in [5, 5.41) is 2.05. The Hall–Kier alpha value is 1.38. The molecule has 0 saturated heterocycles. The summed E-state index contributed by atoms with van der Waals surface area (Å²) in [7, 11) is 29.4. The number of anilines is 2. The summed E-state index contributed by atoms with van der Waals surface area (Å²) >= 11 is -0.211. The van der Waals surface area contributed by atoms with E-state index in [1.54, 1.807) is 0 Å². The quantitative estimate of drug-likeness (QED) is 0.168. The van der Waals surface area contributed by atoms with E-state index in [2.05, 4.69) is 105 Å². The normalized spacial score (nSPS) is 11.0. The van der Waals surface area contributed by atoms with Crippen LogP contribution in [0.4, 0.5) is 11.4 Å². The van der Waals surface area contributed by atoms with Crippen LogP contribution < -0.4 is 9.80 Å². The first-order valence-electron chi connectivity index (χ1n) is 13.4. The molecule has 0 radical (unpaired) electrons. The van der Waals surface area contributed by atoms with E-state index in [0.717, 1.165) is 17.2 Å². The Morgan fingerprint density at radius 2 is 0.643 bits per heavy atom. The van der Waals surface area contributed by atoms with E-state index in [1.807, 2.05) is 76.7 Å². The van der Waals surface area contributed by atoms with Crippen molar-refractivity contribution in [3.8, 4) is 0 Å². The first-order chi connectivity index (χ1) is 18.9. The maximum atomic E-state index is 4.81. The van der Waals surface area contributed by atoms with Crippen LogP contribution in [0.15, 0.2) is 48.5 Å². The van der Waals surface area contributed by atoms with Gasteiger partial charge in [-0.1, -0.05) is 94.5 Å². The Morgan fingerprint density at radius 1 is 0.476 bits per heavy atom. The van der Waals surface area contributed by atoms with Crippen molar-refractivity contribution in [3.63, 3.8) is 0 Å². The third-order valence-electron chi connectivity index (χ3n) is 3.93. The van der Waals surface area contributed by atoms with Gasteiger partial charge in [0.15, 0.2) is 0 Å². The van der Waals surface area contributed by atoms with E-state index < -0.39 is 0 Å². The molecule has 10 heteroatoms. The van der Waals surface area contributed by atoms with Crippen LogP contribution in [0.3, 0.4) is 0 Å². The second-order valence-electron chi connectivity index (χ2n) is 13.6. The summed E-state index contributed by atoms with van der Waals surface area (Å²) in [5.41, 5.74) is 2.43. The van der Waals surface area contributed by atoms with Crippen LogP contribution in [-0.2, 0) is 31.9 Å². The molecule has 2 nitrogen and oxygen atoms in total. The molecule has 0 fully saturated rings. The molecule has 0 aliphatic rings. The zero-order valence-electron chi connectivity index (χ0n) is 28.7. The summed E-state index contributed by atoms with van der Waals surface area (Å²) in [6.45, 7) is 27.6. The Morgan fingerprint density at radius 3 is 0.714 bits per heavy atom. The van der Waals surface area contributed by atoms with Gasteiger partial charge in [0, 0.05) is 28.2 Å². The van der Waals surface area contributed by atoms with Gasteiger partial charge in [-0.3, -0.25) is 0 Å². The number of hydrogen-bond acceptors (Lipinski definition) is 2. The van der Waals surface area contributed by atoms with Crippen LogP contribution in [0.2, 0.25) is 0 Å². The average molecular weight is 887 g/mol. The van der Waals surface area contributed by atoms with E-state index in [0.29, 0.717) is 20.6 Å². The van der Waals surface area contributed by atoms with Crippen molar-refractivity contribution in [2.24, 2.45) is 0 Å². The van der Waals surface area contributed by atoms with Crippen LogP contribution in [0, 0.1) is 12.1 Å². The Labute approximate surface area is 298 Å². The fourth-order valence-electron chi connectivity index (χ4n) is 3.60. The molecule has 0 unspecified atom stereocenters. The van der Waals surface area contributed by atoms with Crippen molar-refractivity contribution >= 4 is 66.7 Å². The Kier molecular flexibility index (Phi) is 32.9. The van der Waals surface area contributed by atoms with Gasteiger partial charge in [-0.2, -0.15) is 36.4 Å². The molecular weight excluding hydrogens is 829 g/mol. The molecule has 0 aromatic heterocycles. The molecule has 0 amide bonds. The molecule has 2 rings (SSSR count). The number of rotatable bonds is 2. The minimum atomic E-state index is -0.106. The third kappa shape index (κ3) is 48.3. The molecule has 0 aliphatic carbocycles. The van der Waals surface area contributed by atoms with Crippen molar-refractivity contribution in [3.05, 3.63) is 60.7 Å². The molecule has 0 saturated carbocycles. The molecule has 256 valence electrons. The molecule has 0 spiro atoms. The molecule has 0 N–H and O–H groups in total. The molecule has 2 aromatic rings. The Balaban J connectivity index is -0.000000215. The topological polar surface area (TPSA) is 6.48 Å². The standard InChI is InChI=1S/2C8H10N.2C8H19P.4ClH.2Pd/c2*1-9(2)8-6-4-3-5-7-8;2*1-7(2,3)9-8(4,5)6;;;;;;/h2*4-7H,1-2H3;2*9H,1-6H3;4*1H;;/q2*-1;;;;;;;2*+2/p-4. The second kappa shape index (κ2) is 27.5. The molecule has 0 aliphatic heterocycles. The predicted octanol–water partition coefficient (Wildman–Crippen LogP) is 12.4. The van der Waals surface area contributed by atoms with E-state index in [9.17, 15) is 0 Å². The summed E-state index contributed by atoms with van der Waals surface area (Å²) in [6.07, 6.45) is 0. The summed E-state index contributed by atoms with van der Waals surface area (Å²) < 4.78 is 0. The zero-order chi connectivity index (χ0) is 34.2. The van der Waals surface area contributed by atoms with Gasteiger partial charge in [0.05, 0.1) is 0 Å². The van der Waals surface area contributed by atoms with Gasteiger partial charge in [0.1, 0.15) is 0 Å². The number of nitrogens with zero attached hydrogens (tertiary/aromatic N) is 2. The predicted molar refractivity (Wildman–Crippen MR) is 198 cm³/mol. The van der Waals surface area contributed by atoms with Gasteiger partial charge in [0.2, 0.25) is 0 Å². The molecule has 42 heavy (non-hydrogen) atoms. The van der Waals surface area contributed by atoms with E-state index in [-0.39, 0.29) is 31.9 Å². The van der Waals surface area contributed by atoms with Crippen molar-refractivity contribution < 1.29 is 31.9 Å². The summed E-state index contributed by atoms with van der Waals surface area (Å²) in [4.78, 5) is 4.13. The minimum absolute atomic E-state index is 0.106. The van der Waals surface area contributed by atoms with Crippen molar-refractivity contribution in [2.75, 3.05) is 38.0 Å². The van der Waals surface area contributed by atoms with E-state index >= 15 is 0 Å². The first-order valence-corrected chi connectivity index (χ1v) is 23.4. The number of hydrogen-bond donors (Lipinski definition) is 0. The molecule has 0 heterocycles. The zero-order valence-corrected chi connectivity index (χ0v) is 36.8. The van der Waals surface area contributed by atoms with E-state index in [4.69, 9.17) is 38.1 Å². The SMILES string of the molecule is CC(C)(C)PC(C)(C)C.CC(C)(C)PC(C)(C)C.CN(C)c1cc[c-]cc1.CN(C)c1cc[c-]cc1.[Cl][Pd][Cl].[Cl][Pd][Cl]. The average Bonchev–Trinajstić information content (AvgIpc) is 2.78. The van der Waals surface area contributed by atoms with Crippen LogP contribution >= 0.6 is 55.3 Å². The third-order valence-corrected chi connectivity index (χ3v) is 6.93. The second-order valence-corrected chi connectivity index (χ2v) is 24.9. The van der Waals surface area contributed by atoms with Crippen molar-refractivity contribution in [1.82, 2.24) is 0 Å². The van der Waals surface area contributed by atoms with Crippen LogP contribution in [0.1, 0.15) is 83.1 Å². The number of benzene rings is 2. The van der Waals surface area contributed by atoms with Gasteiger partial charge in [-0.05, 0) is 20.6 Å². The summed E-state index contributed by atoms with van der Waals surface area (Å²) in [6, 6.07) is 21.7. The van der Waals surface area contributed by atoms with Gasteiger partial charge < -0.3 is 9.80 Å². The Bertz CT molecular complexity index is 739. The number of halogens is 4. The monoisotopic (exact) mass is 884 g/mol. The molecule has 2 aromatic carbocycles. The van der Waals surface area contributed by atoms with Crippen LogP contribution in [0.5, 0.6) is 0 Å². The van der Waals surface area contributed by atoms with Gasteiger partial charge in [-0.25, -0.2) is 0 Å². The van der Waals surface area contributed by atoms with Crippen LogP contribution in [0.25, 0.3) is 0 Å². The van der Waals surface area contributed by atoms with Crippen molar-refractivity contribution in [2.45, 2.75) is 104 Å². The molecule has 0 bridgehead atoms. The maximum absolute atomic E-state index is 4.81. The van der Waals surface area contributed by atoms with Gasteiger partial charge in [0.25, 0.3) is 0 Å². The van der Waals surface area contributed by atoms with Crippen LogP contribution in [-0.4, -0.2) is 48.8 Å². The fraction of sp³-hybridized carbons (Fsp3) is 0.625. The first kappa shape index (κ1) is 50.2. The fourth-order valence-corrected chi connectivity index (χ4v) is 8.10. The van der Waals surface area contributed by atoms with Crippen molar-refractivity contribution in [1.29, 1.82) is 0 Å². The summed E-state index contributed by atoms with van der Waals surface area (Å²) in [5.74, 6) is 0. The van der Waals surface area contributed by atoms with Gasteiger partial charge in [-0.15, -0.1) is 41.4 Å². The van der Waals surface area contributed by atoms with Gasteiger partial charge >= 0.3 is 70.0 Å². The molecule has 0 atom stereocenters.